The number of hydrogen-bond acceptors (Lipinski definition) is 23. The molecule has 0 aromatic rings. The van der Waals surface area contributed by atoms with E-state index in [4.69, 9.17) is 30.6 Å². The van der Waals surface area contributed by atoms with Crippen LogP contribution in [0.4, 0.5) is 22.0 Å². The smallest absolute Gasteiger partial charge is 0.285 e. The van der Waals surface area contributed by atoms with Crippen LogP contribution in [0, 0.1) is 47.3 Å². The van der Waals surface area contributed by atoms with Crippen LogP contribution in [0.2, 0.25) is 0 Å². The maximum absolute atomic E-state index is 12.7. The minimum atomic E-state index is -3.11. The monoisotopic (exact) mass is 1150 g/mol. The Bertz CT molecular complexity index is 1490. The van der Waals surface area contributed by atoms with Crippen molar-refractivity contribution in [2.75, 3.05) is 105 Å². The second kappa shape index (κ2) is 35.1. The molecule has 0 aliphatic carbocycles. The predicted octanol–water partition coefficient (Wildman–Crippen LogP) is -6.01. The molecule has 21 atom stereocenters. The fourth-order valence-electron chi connectivity index (χ4n) is 9.76. The van der Waals surface area contributed by atoms with Gasteiger partial charge in [-0.05, 0) is 52.9 Å². The van der Waals surface area contributed by atoms with Gasteiger partial charge in [-0.15, -0.1) is 0 Å². The zero-order valence-corrected chi connectivity index (χ0v) is 46.7. The minimum Gasteiger partial charge on any atom is -0.396 e. The van der Waals surface area contributed by atoms with Crippen molar-refractivity contribution in [3.05, 3.63) is 0 Å². The molecule has 0 bridgehead atoms. The molecule has 7 aliphatic heterocycles. The molecule has 0 radical (unpaired) electrons. The number of aliphatic hydroxyl groups is 16. The summed E-state index contributed by atoms with van der Waals surface area (Å²) >= 11 is 0. The zero-order chi connectivity index (χ0) is 60.1. The molecule has 7 rings (SSSR count). The van der Waals surface area contributed by atoms with Crippen LogP contribution in [0.15, 0.2) is 0 Å². The molecule has 0 spiro atoms. The average molecular weight is 1150 g/mol. The Balaban J connectivity index is 0.000000455. The molecule has 78 heavy (non-hydrogen) atoms. The number of piperidine rings is 7. The topological polar surface area (TPSA) is 408 Å². The summed E-state index contributed by atoms with van der Waals surface area (Å²) < 4.78 is 63.4. The molecular weight excluding hydrogens is 1050 g/mol. The van der Waals surface area contributed by atoms with E-state index in [-0.39, 0.29) is 49.9 Å². The van der Waals surface area contributed by atoms with Crippen molar-refractivity contribution < 1.29 is 104 Å². The number of nitrogens with one attached hydrogen (secondary N) is 7. The van der Waals surface area contributed by atoms with Crippen molar-refractivity contribution in [2.45, 2.75) is 164 Å². The number of β-amino-alcohol motifs (C(OH)–C–C–N with tert-alkyl or cyclic N) is 6. The van der Waals surface area contributed by atoms with E-state index in [0.717, 1.165) is 26.4 Å². The van der Waals surface area contributed by atoms with Gasteiger partial charge >= 0.3 is 0 Å². The van der Waals surface area contributed by atoms with Gasteiger partial charge in [0.1, 0.15) is 17.9 Å². The molecule has 0 amide bonds. The Hall–Kier alpha value is -1.27. The summed E-state index contributed by atoms with van der Waals surface area (Å²) in [4.78, 5) is 0. The normalized spacial score (nSPS) is 40.3. The first kappa shape index (κ1) is 74.7. The number of rotatable bonds is 7. The summed E-state index contributed by atoms with van der Waals surface area (Å²) in [5.74, 6) is -8.19. The van der Waals surface area contributed by atoms with E-state index in [1.807, 2.05) is 6.92 Å². The highest BCUT2D eigenvalue weighted by molar-refractivity contribution is 4.95. The highest BCUT2D eigenvalue weighted by Gasteiger charge is 2.47. The molecule has 23 nitrogen and oxygen atoms in total. The maximum Gasteiger partial charge on any atom is 0.285 e. The average Bonchev–Trinajstić information content (AvgIpc) is 3.35. The molecule has 28 heteroatoms. The van der Waals surface area contributed by atoms with Crippen molar-refractivity contribution in [1.82, 2.24) is 37.2 Å². The van der Waals surface area contributed by atoms with E-state index >= 15 is 0 Å². The number of halogens is 5. The maximum atomic E-state index is 12.7. The lowest BCUT2D eigenvalue weighted by Gasteiger charge is -2.39. The molecule has 0 saturated carbocycles. The second-order valence-corrected chi connectivity index (χ2v) is 23.0. The van der Waals surface area contributed by atoms with E-state index in [2.05, 4.69) is 51.1 Å². The van der Waals surface area contributed by atoms with E-state index in [9.17, 15) is 73.0 Å². The van der Waals surface area contributed by atoms with Gasteiger partial charge in [0.25, 0.3) is 11.8 Å². The molecule has 0 aromatic heterocycles. The molecule has 7 aliphatic rings. The van der Waals surface area contributed by atoms with Crippen molar-refractivity contribution in [2.24, 2.45) is 47.3 Å². The Morgan fingerprint density at radius 2 is 0.846 bits per heavy atom. The Kier molecular flexibility index (Phi) is 33.7. The standard InChI is InChI=1S/C8H17NO3.C8H17NO2.C7H13F2NO2.C7H14FNO2.C7H15NO3.C7H15NO2.C6H11F2NO2/c1-8(2,12)5-3-9-4-6(10)7(5)11;1-5(2)6-3-9-4-7(10)8(6)11;1-7(8,9)4-2-10-3-5(11)6(4)12;1-4(8)5-2-9-3-6(10)7(5)11;1-7(11)4-8-2-5(3-9)6(7)10;1-2-5-3-8-4-6(9)7(5)10;7-6(8)3-9-1-4(2-10)5(6)11/h5-7,9-12H,3-4H2,1-2H3;5-11H,3-4H2,1-2H3;4-6,10-12H,2-3H2,1H3;4-7,9-11H,2-3H2,1H3;5-6,8-11H,2-4H2,1H3;5-10H,2-4H2,1H3;4-5,9-11H,1-3H2/t5-,6+,7+;6-,7-,8-;4-,5+,6+;4-,5+,6+,7+;5-,6-,7?;5-,6+,7+;4-,5-/m0100101/s1. The van der Waals surface area contributed by atoms with Crippen LogP contribution in [0.1, 0.15) is 61.8 Å². The molecular formula is C50H102F5N7O16. The van der Waals surface area contributed by atoms with Crippen LogP contribution in [0.3, 0.4) is 0 Å². The van der Waals surface area contributed by atoms with E-state index in [1.165, 1.54) is 6.92 Å². The summed E-state index contributed by atoms with van der Waals surface area (Å²) in [6.45, 7) is 17.9. The second-order valence-electron chi connectivity index (χ2n) is 23.0. The summed E-state index contributed by atoms with van der Waals surface area (Å²) in [5, 5.41) is 168. The molecule has 7 fully saturated rings. The minimum absolute atomic E-state index is 0.0434. The first-order chi connectivity index (χ1) is 36.0. The fourth-order valence-corrected chi connectivity index (χ4v) is 9.76. The third-order valence-electron chi connectivity index (χ3n) is 15.4. The first-order valence-electron chi connectivity index (χ1n) is 27.2. The molecule has 7 heterocycles. The van der Waals surface area contributed by atoms with Gasteiger partial charge in [-0.3, -0.25) is 0 Å². The highest BCUT2D eigenvalue weighted by atomic mass is 19.3. The van der Waals surface area contributed by atoms with E-state index in [0.29, 0.717) is 58.3 Å². The summed E-state index contributed by atoms with van der Waals surface area (Å²) in [7, 11) is 0. The highest BCUT2D eigenvalue weighted by Crippen LogP contribution is 2.30. The fraction of sp³-hybridized carbons (Fsp3) is 1.00. The van der Waals surface area contributed by atoms with Crippen LogP contribution in [0.25, 0.3) is 0 Å². The number of aliphatic hydroxyl groups excluding tert-OH is 14. The van der Waals surface area contributed by atoms with Gasteiger partial charge in [-0.25, -0.2) is 22.0 Å². The molecule has 23 N–H and O–H groups in total. The van der Waals surface area contributed by atoms with Gasteiger partial charge in [0.15, 0.2) is 0 Å². The van der Waals surface area contributed by atoms with Crippen molar-refractivity contribution in [1.29, 1.82) is 0 Å². The van der Waals surface area contributed by atoms with Crippen LogP contribution < -0.4 is 37.2 Å². The van der Waals surface area contributed by atoms with Crippen LogP contribution in [-0.2, 0) is 0 Å². The summed E-state index contributed by atoms with van der Waals surface area (Å²) in [6.07, 6.45) is -10.7. The van der Waals surface area contributed by atoms with Crippen molar-refractivity contribution in [3.8, 4) is 0 Å². The van der Waals surface area contributed by atoms with Crippen LogP contribution >= 0.6 is 0 Å². The van der Waals surface area contributed by atoms with Gasteiger partial charge < -0.3 is 119 Å². The summed E-state index contributed by atoms with van der Waals surface area (Å²) in [5.41, 5.74) is -2.06. The largest absolute Gasteiger partial charge is 0.396 e. The third-order valence-corrected chi connectivity index (χ3v) is 15.4. The van der Waals surface area contributed by atoms with Crippen LogP contribution in [-0.4, -0.2) is 289 Å². The lowest BCUT2D eigenvalue weighted by Crippen LogP contribution is -2.59. The van der Waals surface area contributed by atoms with E-state index in [1.54, 1.807) is 20.8 Å². The van der Waals surface area contributed by atoms with Gasteiger partial charge in [0, 0.05) is 128 Å². The lowest BCUT2D eigenvalue weighted by atomic mass is 9.81. The Morgan fingerprint density at radius 1 is 0.487 bits per heavy atom. The number of alkyl halides is 5. The third kappa shape index (κ3) is 24.5. The van der Waals surface area contributed by atoms with Gasteiger partial charge in [0.2, 0.25) is 0 Å². The van der Waals surface area contributed by atoms with Gasteiger partial charge in [0.05, 0.1) is 85.2 Å². The van der Waals surface area contributed by atoms with Crippen molar-refractivity contribution in [3.63, 3.8) is 0 Å². The molecule has 468 valence electrons. The Morgan fingerprint density at radius 3 is 1.18 bits per heavy atom. The quantitative estimate of drug-likeness (QED) is 0.106. The Labute approximate surface area is 456 Å². The summed E-state index contributed by atoms with van der Waals surface area (Å²) in [6, 6.07) is 0. The molecule has 1 unspecified atom stereocenters. The van der Waals surface area contributed by atoms with Crippen LogP contribution in [0.5, 0.6) is 0 Å². The van der Waals surface area contributed by atoms with Gasteiger partial charge in [-0.1, -0.05) is 20.8 Å². The first-order valence-corrected chi connectivity index (χ1v) is 27.2. The molecule has 0 aromatic carbocycles. The molecule has 7 saturated heterocycles. The lowest BCUT2D eigenvalue weighted by molar-refractivity contribution is -0.151. The van der Waals surface area contributed by atoms with Crippen molar-refractivity contribution >= 4 is 0 Å². The van der Waals surface area contributed by atoms with Gasteiger partial charge in [-0.2, -0.15) is 0 Å². The SMILES string of the molecule is CC(C)(O)[C@H]1CNC[C@@H](O)[C@@H]1O.CC(C)[C@H]1CNC[C@@H](O)[C@@H]1O.CC(F)(F)[C@H]1CNC[C@@H](O)[C@@H]1O.CC1(O)CNC[C@H](CO)[C@H]1O.CC[C@H]1CNC[C@@H](O)[C@@H]1O.C[C@H](F)[C@H]1CNC[C@@H](O)[C@@H]1O.OC[C@H]1CNCC(F)(F)[C@@H]1O. The predicted molar refractivity (Wildman–Crippen MR) is 279 cm³/mol. The number of hydrogen-bond donors (Lipinski definition) is 23. The zero-order valence-electron chi connectivity index (χ0n) is 46.7. The van der Waals surface area contributed by atoms with E-state index < -0.39 is 133 Å².